The van der Waals surface area contributed by atoms with Crippen molar-refractivity contribution in [1.29, 1.82) is 0 Å². The molecule has 0 saturated heterocycles. The van der Waals surface area contributed by atoms with Gasteiger partial charge in [-0.1, -0.05) is 6.08 Å². The molecule has 1 atom stereocenters. The lowest BCUT2D eigenvalue weighted by atomic mass is 9.91. The van der Waals surface area contributed by atoms with E-state index in [-0.39, 0.29) is 12.7 Å². The predicted octanol–water partition coefficient (Wildman–Crippen LogP) is -0.165. The van der Waals surface area contributed by atoms with Crippen molar-refractivity contribution in [3.63, 3.8) is 0 Å². The van der Waals surface area contributed by atoms with Crippen molar-refractivity contribution in [2.75, 3.05) is 0 Å². The van der Waals surface area contributed by atoms with Crippen LogP contribution in [0.2, 0.25) is 0 Å². The molecule has 0 fully saturated rings. The van der Waals surface area contributed by atoms with Crippen LogP contribution in [0.15, 0.2) is 12.2 Å². The van der Waals surface area contributed by atoms with Gasteiger partial charge in [0.05, 0.1) is 0 Å². The van der Waals surface area contributed by atoms with Crippen molar-refractivity contribution in [2.45, 2.75) is 18.4 Å². The minimum atomic E-state index is -1.82. The van der Waals surface area contributed by atoms with Crippen LogP contribution >= 0.6 is 0 Å². The Bertz CT molecular complexity index is 195. The lowest BCUT2D eigenvalue weighted by molar-refractivity contribution is -0.139. The van der Waals surface area contributed by atoms with Gasteiger partial charge in [-0.3, -0.25) is 9.59 Å². The maximum atomic E-state index is 10.8. The molecule has 0 aromatic rings. The maximum Gasteiger partial charge on any atom is 0.196 e. The molecule has 3 nitrogen and oxygen atoms in total. The Labute approximate surface area is 58.4 Å². The van der Waals surface area contributed by atoms with E-state index >= 15 is 0 Å². The molecule has 1 N–H and O–H groups in total. The van der Waals surface area contributed by atoms with Gasteiger partial charge in [0.1, 0.15) is 0 Å². The molecule has 0 saturated carbocycles. The Balaban J connectivity index is 2.91. The van der Waals surface area contributed by atoms with E-state index in [4.69, 9.17) is 5.11 Å². The van der Waals surface area contributed by atoms with Crippen LogP contribution in [0.4, 0.5) is 0 Å². The third-order valence-electron chi connectivity index (χ3n) is 1.54. The van der Waals surface area contributed by atoms with Gasteiger partial charge >= 0.3 is 0 Å². The third kappa shape index (κ3) is 0.998. The van der Waals surface area contributed by atoms with Crippen LogP contribution in [0.5, 0.6) is 0 Å². The van der Waals surface area contributed by atoms with Crippen LogP contribution in [0.25, 0.3) is 0 Å². The normalized spacial score (nSPS) is 32.3. The highest BCUT2D eigenvalue weighted by atomic mass is 16.3. The van der Waals surface area contributed by atoms with E-state index in [0.717, 1.165) is 0 Å². The second-order valence-corrected chi connectivity index (χ2v) is 2.31. The first-order chi connectivity index (χ1) is 4.69. The lowest BCUT2D eigenvalue weighted by Crippen LogP contribution is -2.39. The number of rotatable bonds is 1. The van der Waals surface area contributed by atoms with E-state index < -0.39 is 11.4 Å². The predicted molar refractivity (Wildman–Crippen MR) is 34.4 cm³/mol. The summed E-state index contributed by atoms with van der Waals surface area (Å²) in [6.07, 6.45) is 4.02. The summed E-state index contributed by atoms with van der Waals surface area (Å²) in [6.45, 7) is 0. The lowest BCUT2D eigenvalue weighted by Gasteiger charge is -2.18. The van der Waals surface area contributed by atoms with Gasteiger partial charge < -0.3 is 5.11 Å². The van der Waals surface area contributed by atoms with Gasteiger partial charge in [-0.25, -0.2) is 0 Å². The Morgan fingerprint density at radius 3 is 2.80 bits per heavy atom. The largest absolute Gasteiger partial charge is 0.372 e. The molecule has 0 heterocycles. The number of hydrogen-bond acceptors (Lipinski definition) is 3. The van der Waals surface area contributed by atoms with Gasteiger partial charge in [0.2, 0.25) is 0 Å². The zero-order valence-electron chi connectivity index (χ0n) is 5.41. The number of allylic oxidation sites excluding steroid dienone is 1. The summed E-state index contributed by atoms with van der Waals surface area (Å²) in [5.74, 6) is -0.412. The number of Topliss-reactive ketones (excluding diaryl/α,β-unsaturated/α-hetero) is 1. The first kappa shape index (κ1) is 7.15. The summed E-state index contributed by atoms with van der Waals surface area (Å²) in [5.41, 5.74) is -1.82. The van der Waals surface area contributed by atoms with Gasteiger partial charge in [-0.15, -0.1) is 0 Å². The summed E-state index contributed by atoms with van der Waals surface area (Å²) in [7, 11) is 0. The molecule has 0 amide bonds. The second-order valence-electron chi connectivity index (χ2n) is 2.31. The molecule has 0 aromatic heterocycles. The number of aldehydes is 1. The summed E-state index contributed by atoms with van der Waals surface area (Å²) in [5, 5.41) is 9.14. The third-order valence-corrected chi connectivity index (χ3v) is 1.54. The zero-order chi connectivity index (χ0) is 7.61. The molecule has 1 rings (SSSR count). The van der Waals surface area contributed by atoms with E-state index in [1.54, 1.807) is 6.08 Å². The SMILES string of the molecule is O=CC1(O)C=CCCC1=O. The summed E-state index contributed by atoms with van der Waals surface area (Å²) >= 11 is 0. The van der Waals surface area contributed by atoms with Gasteiger partial charge in [0.25, 0.3) is 0 Å². The average molecular weight is 140 g/mol. The molecule has 0 aromatic carbocycles. The van der Waals surface area contributed by atoms with E-state index in [1.807, 2.05) is 0 Å². The van der Waals surface area contributed by atoms with Crippen LogP contribution in [-0.4, -0.2) is 22.8 Å². The molecule has 0 bridgehead atoms. The van der Waals surface area contributed by atoms with E-state index in [9.17, 15) is 9.59 Å². The number of carbonyl (C=O) groups is 2. The molecular formula is C7H8O3. The topological polar surface area (TPSA) is 54.4 Å². The highest BCUT2D eigenvalue weighted by molar-refractivity contribution is 6.04. The van der Waals surface area contributed by atoms with Gasteiger partial charge in [0, 0.05) is 6.42 Å². The van der Waals surface area contributed by atoms with E-state index in [1.165, 1.54) is 6.08 Å². The average Bonchev–Trinajstić information content (AvgIpc) is 1.96. The number of carbonyl (C=O) groups excluding carboxylic acids is 2. The smallest absolute Gasteiger partial charge is 0.196 e. The van der Waals surface area contributed by atoms with Crippen LogP contribution < -0.4 is 0 Å². The first-order valence-electron chi connectivity index (χ1n) is 3.09. The van der Waals surface area contributed by atoms with Gasteiger partial charge in [-0.05, 0) is 12.5 Å². The Hall–Kier alpha value is -0.960. The van der Waals surface area contributed by atoms with Crippen LogP contribution in [0.1, 0.15) is 12.8 Å². The van der Waals surface area contributed by atoms with Crippen molar-refractivity contribution in [2.24, 2.45) is 0 Å². The van der Waals surface area contributed by atoms with E-state index in [0.29, 0.717) is 6.42 Å². The number of hydrogen-bond donors (Lipinski definition) is 1. The van der Waals surface area contributed by atoms with Gasteiger partial charge in [0.15, 0.2) is 17.7 Å². The standard InChI is InChI=1S/C7H8O3/c8-5-7(10)4-2-1-3-6(7)9/h2,4-5,10H,1,3H2. The fourth-order valence-electron chi connectivity index (χ4n) is 0.876. The van der Waals surface area contributed by atoms with Crippen molar-refractivity contribution in [3.8, 4) is 0 Å². The Kier molecular flexibility index (Phi) is 1.68. The van der Waals surface area contributed by atoms with Crippen molar-refractivity contribution in [1.82, 2.24) is 0 Å². The monoisotopic (exact) mass is 140 g/mol. The summed E-state index contributed by atoms with van der Waals surface area (Å²) < 4.78 is 0. The molecule has 3 heteroatoms. The van der Waals surface area contributed by atoms with Crippen LogP contribution in [0, 0.1) is 0 Å². The summed E-state index contributed by atoms with van der Waals surface area (Å²) in [6, 6.07) is 0. The van der Waals surface area contributed by atoms with Gasteiger partial charge in [-0.2, -0.15) is 0 Å². The zero-order valence-corrected chi connectivity index (χ0v) is 5.41. The number of aliphatic hydroxyl groups is 1. The molecule has 0 radical (unpaired) electrons. The fraction of sp³-hybridized carbons (Fsp3) is 0.429. The Morgan fingerprint density at radius 2 is 2.40 bits per heavy atom. The molecular weight excluding hydrogens is 132 g/mol. The summed E-state index contributed by atoms with van der Waals surface area (Å²) in [4.78, 5) is 21.0. The second kappa shape index (κ2) is 2.34. The fourth-order valence-corrected chi connectivity index (χ4v) is 0.876. The number of ketones is 1. The highest BCUT2D eigenvalue weighted by Gasteiger charge is 2.33. The first-order valence-corrected chi connectivity index (χ1v) is 3.09. The van der Waals surface area contributed by atoms with Crippen molar-refractivity contribution in [3.05, 3.63) is 12.2 Å². The minimum Gasteiger partial charge on any atom is -0.372 e. The Morgan fingerprint density at radius 1 is 1.70 bits per heavy atom. The molecule has 54 valence electrons. The van der Waals surface area contributed by atoms with Crippen molar-refractivity contribution >= 4 is 12.1 Å². The molecule has 1 aliphatic rings. The minimum absolute atomic E-state index is 0.256. The molecule has 10 heavy (non-hydrogen) atoms. The molecule has 0 spiro atoms. The van der Waals surface area contributed by atoms with Crippen LogP contribution in [0.3, 0.4) is 0 Å². The maximum absolute atomic E-state index is 10.8. The molecule has 1 unspecified atom stereocenters. The molecule has 1 aliphatic carbocycles. The quantitative estimate of drug-likeness (QED) is 0.312. The van der Waals surface area contributed by atoms with Crippen LogP contribution in [-0.2, 0) is 9.59 Å². The highest BCUT2D eigenvalue weighted by Crippen LogP contribution is 2.15. The van der Waals surface area contributed by atoms with Crippen molar-refractivity contribution < 1.29 is 14.7 Å². The van der Waals surface area contributed by atoms with E-state index in [2.05, 4.69) is 0 Å². The molecule has 0 aliphatic heterocycles.